The van der Waals surface area contributed by atoms with Gasteiger partial charge in [0.2, 0.25) is 5.91 Å². The number of benzene rings is 1. The molecule has 2 saturated heterocycles. The zero-order valence-corrected chi connectivity index (χ0v) is 11.7. The van der Waals surface area contributed by atoms with Crippen LogP contribution in [0, 0.1) is 0 Å². The Bertz CT molecular complexity index is 455. The van der Waals surface area contributed by atoms with Gasteiger partial charge in [-0.15, -0.1) is 0 Å². The van der Waals surface area contributed by atoms with Gasteiger partial charge in [0.1, 0.15) is 6.10 Å². The van der Waals surface area contributed by atoms with E-state index in [-0.39, 0.29) is 17.6 Å². The van der Waals surface area contributed by atoms with E-state index < -0.39 is 0 Å². The van der Waals surface area contributed by atoms with Crippen molar-refractivity contribution in [1.29, 1.82) is 0 Å². The molecule has 2 fully saturated rings. The Morgan fingerprint density at radius 2 is 2.00 bits per heavy atom. The largest absolute Gasteiger partial charge is 0.362 e. The summed E-state index contributed by atoms with van der Waals surface area (Å²) in [5, 5.41) is 6.33. The highest BCUT2D eigenvalue weighted by molar-refractivity contribution is 5.81. The van der Waals surface area contributed by atoms with Crippen molar-refractivity contribution < 1.29 is 9.53 Å². The smallest absolute Gasteiger partial charge is 0.249 e. The van der Waals surface area contributed by atoms with Gasteiger partial charge in [-0.1, -0.05) is 30.3 Å². The second-order valence-corrected chi connectivity index (χ2v) is 5.78. The number of nitrogens with one attached hydrogen (secondary N) is 2. The van der Waals surface area contributed by atoms with Crippen LogP contribution in [0.2, 0.25) is 0 Å². The fraction of sp³-hybridized carbons (Fsp3) is 0.562. The molecule has 2 N–H and O–H groups in total. The summed E-state index contributed by atoms with van der Waals surface area (Å²) in [7, 11) is 0. The summed E-state index contributed by atoms with van der Waals surface area (Å²) in [6, 6.07) is 9.98. The second kappa shape index (κ2) is 5.94. The molecular weight excluding hydrogens is 252 g/mol. The van der Waals surface area contributed by atoms with Crippen LogP contribution in [0.3, 0.4) is 0 Å². The molecule has 1 atom stereocenters. The highest BCUT2D eigenvalue weighted by atomic mass is 16.5. The molecule has 108 valence electrons. The molecule has 4 heteroatoms. The van der Waals surface area contributed by atoms with Crippen molar-refractivity contribution in [1.82, 2.24) is 10.6 Å². The topological polar surface area (TPSA) is 50.4 Å². The summed E-state index contributed by atoms with van der Waals surface area (Å²) in [5.41, 5.74) is 1.08. The van der Waals surface area contributed by atoms with Crippen LogP contribution in [0.1, 0.15) is 31.2 Å². The molecular formula is C16H22N2O2. The number of hydrogen-bond donors (Lipinski definition) is 2. The van der Waals surface area contributed by atoms with E-state index in [0.717, 1.165) is 44.3 Å². The molecule has 0 saturated carbocycles. The zero-order valence-electron chi connectivity index (χ0n) is 11.7. The normalized spacial score (nSPS) is 24.7. The quantitative estimate of drug-likeness (QED) is 0.880. The van der Waals surface area contributed by atoms with Crippen molar-refractivity contribution in [3.8, 4) is 0 Å². The van der Waals surface area contributed by atoms with Gasteiger partial charge in [-0.3, -0.25) is 4.79 Å². The first kappa shape index (κ1) is 13.6. The first-order chi connectivity index (χ1) is 9.77. The number of hydrogen-bond acceptors (Lipinski definition) is 3. The lowest BCUT2D eigenvalue weighted by atomic mass is 9.89. The van der Waals surface area contributed by atoms with Crippen LogP contribution < -0.4 is 10.6 Å². The Morgan fingerprint density at radius 3 is 2.75 bits per heavy atom. The van der Waals surface area contributed by atoms with Gasteiger partial charge in [0.25, 0.3) is 0 Å². The van der Waals surface area contributed by atoms with Gasteiger partial charge in [-0.25, -0.2) is 0 Å². The van der Waals surface area contributed by atoms with E-state index >= 15 is 0 Å². The molecule has 0 radical (unpaired) electrons. The van der Waals surface area contributed by atoms with Crippen LogP contribution in [-0.4, -0.2) is 30.7 Å². The van der Waals surface area contributed by atoms with Gasteiger partial charge < -0.3 is 15.4 Å². The predicted molar refractivity (Wildman–Crippen MR) is 77.2 cm³/mol. The highest BCUT2D eigenvalue weighted by Crippen LogP contribution is 2.37. The van der Waals surface area contributed by atoms with Gasteiger partial charge >= 0.3 is 0 Å². The van der Waals surface area contributed by atoms with Crippen molar-refractivity contribution in [2.45, 2.75) is 43.9 Å². The molecule has 1 spiro atoms. The maximum absolute atomic E-state index is 12.2. The van der Waals surface area contributed by atoms with Crippen molar-refractivity contribution in [2.24, 2.45) is 0 Å². The van der Waals surface area contributed by atoms with Crippen LogP contribution >= 0.6 is 0 Å². The molecule has 2 aliphatic rings. The molecule has 2 aliphatic heterocycles. The zero-order chi connectivity index (χ0) is 13.8. The fourth-order valence-corrected chi connectivity index (χ4v) is 3.15. The predicted octanol–water partition coefficient (Wildman–Crippen LogP) is 1.60. The number of piperidine rings is 1. The summed E-state index contributed by atoms with van der Waals surface area (Å²) >= 11 is 0. The molecule has 20 heavy (non-hydrogen) atoms. The van der Waals surface area contributed by atoms with E-state index in [1.807, 2.05) is 30.3 Å². The maximum Gasteiger partial charge on any atom is 0.249 e. The Morgan fingerprint density at radius 1 is 1.25 bits per heavy atom. The van der Waals surface area contributed by atoms with Gasteiger partial charge in [0, 0.05) is 6.54 Å². The lowest BCUT2D eigenvalue weighted by Crippen LogP contribution is -2.43. The molecule has 0 aliphatic carbocycles. The average Bonchev–Trinajstić information content (AvgIpc) is 2.90. The minimum Gasteiger partial charge on any atom is -0.362 e. The number of rotatable bonds is 3. The Balaban J connectivity index is 1.51. The van der Waals surface area contributed by atoms with Crippen LogP contribution in [0.15, 0.2) is 30.3 Å². The van der Waals surface area contributed by atoms with Crippen molar-refractivity contribution >= 4 is 5.91 Å². The van der Waals surface area contributed by atoms with Crippen LogP contribution in [-0.2, 0) is 16.1 Å². The Kier molecular flexibility index (Phi) is 4.03. The molecule has 0 bridgehead atoms. The van der Waals surface area contributed by atoms with E-state index in [2.05, 4.69) is 10.6 Å². The Hall–Kier alpha value is -1.39. The molecule has 1 aromatic rings. The van der Waals surface area contributed by atoms with E-state index in [1.165, 1.54) is 0 Å². The van der Waals surface area contributed by atoms with Crippen molar-refractivity contribution in [3.05, 3.63) is 35.9 Å². The van der Waals surface area contributed by atoms with Crippen molar-refractivity contribution in [2.75, 3.05) is 13.1 Å². The summed E-state index contributed by atoms with van der Waals surface area (Å²) in [6.07, 6.45) is 3.64. The minimum absolute atomic E-state index is 0.0317. The first-order valence-corrected chi connectivity index (χ1v) is 7.48. The van der Waals surface area contributed by atoms with E-state index in [0.29, 0.717) is 6.54 Å². The number of ether oxygens (including phenoxy) is 1. The second-order valence-electron chi connectivity index (χ2n) is 5.78. The minimum atomic E-state index is -0.267. The third-order valence-corrected chi connectivity index (χ3v) is 4.37. The molecule has 0 aromatic heterocycles. The Labute approximate surface area is 119 Å². The fourth-order valence-electron chi connectivity index (χ4n) is 3.15. The molecule has 1 amide bonds. The molecule has 2 heterocycles. The number of amides is 1. The van der Waals surface area contributed by atoms with Gasteiger partial charge in [0.15, 0.2) is 0 Å². The third-order valence-electron chi connectivity index (χ3n) is 4.37. The lowest BCUT2D eigenvalue weighted by molar-refractivity contribution is -0.139. The summed E-state index contributed by atoms with van der Waals surface area (Å²) in [4.78, 5) is 12.2. The lowest BCUT2D eigenvalue weighted by Gasteiger charge is -2.33. The summed E-state index contributed by atoms with van der Waals surface area (Å²) in [5.74, 6) is 0.0317. The van der Waals surface area contributed by atoms with Crippen LogP contribution in [0.25, 0.3) is 0 Å². The molecule has 0 unspecified atom stereocenters. The van der Waals surface area contributed by atoms with E-state index in [4.69, 9.17) is 4.74 Å². The molecule has 1 aromatic carbocycles. The average molecular weight is 274 g/mol. The standard InChI is InChI=1S/C16H22N2O2/c19-15(18-12-13-4-2-1-3-5-13)14-6-7-16(20-14)8-10-17-11-9-16/h1-5,14,17H,6-12H2,(H,18,19)/t14-/m1/s1. The van der Waals surface area contributed by atoms with Crippen LogP contribution in [0.5, 0.6) is 0 Å². The monoisotopic (exact) mass is 274 g/mol. The van der Waals surface area contributed by atoms with Crippen LogP contribution in [0.4, 0.5) is 0 Å². The highest BCUT2D eigenvalue weighted by Gasteiger charge is 2.43. The third kappa shape index (κ3) is 3.02. The first-order valence-electron chi connectivity index (χ1n) is 7.48. The molecule has 3 rings (SSSR count). The van der Waals surface area contributed by atoms with Gasteiger partial charge in [-0.2, -0.15) is 0 Å². The van der Waals surface area contributed by atoms with Crippen molar-refractivity contribution in [3.63, 3.8) is 0 Å². The summed E-state index contributed by atoms with van der Waals surface area (Å²) in [6.45, 7) is 2.57. The summed E-state index contributed by atoms with van der Waals surface area (Å²) < 4.78 is 6.09. The SMILES string of the molecule is O=C(NCc1ccccc1)[C@H]1CCC2(CCNCC2)O1. The van der Waals surface area contributed by atoms with E-state index in [1.54, 1.807) is 0 Å². The van der Waals surface area contributed by atoms with E-state index in [9.17, 15) is 4.79 Å². The number of carbonyl (C=O) groups is 1. The molecule has 4 nitrogen and oxygen atoms in total. The van der Waals surface area contributed by atoms with Gasteiger partial charge in [-0.05, 0) is 44.3 Å². The van der Waals surface area contributed by atoms with Gasteiger partial charge in [0.05, 0.1) is 5.60 Å². The number of carbonyl (C=O) groups excluding carboxylic acids is 1. The maximum atomic E-state index is 12.2.